The first-order valence-electron chi connectivity index (χ1n) is 6.72. The van der Waals surface area contributed by atoms with Crippen LogP contribution in [0, 0.1) is 6.92 Å². The molecule has 4 nitrogen and oxygen atoms in total. The van der Waals surface area contributed by atoms with Gasteiger partial charge in [0.2, 0.25) is 0 Å². The molecule has 2 atom stereocenters. The minimum atomic E-state index is 0.127. The third-order valence-corrected chi connectivity index (χ3v) is 4.52. The van der Waals surface area contributed by atoms with E-state index in [0.717, 1.165) is 30.8 Å². The van der Waals surface area contributed by atoms with Gasteiger partial charge in [-0.1, -0.05) is 0 Å². The van der Waals surface area contributed by atoms with Crippen LogP contribution < -0.4 is 0 Å². The molecule has 3 rings (SSSR count). The summed E-state index contributed by atoms with van der Waals surface area (Å²) in [7, 11) is 2.19. The van der Waals surface area contributed by atoms with Crippen LogP contribution in [0.5, 0.6) is 0 Å². The maximum atomic E-state index is 12.5. The summed E-state index contributed by atoms with van der Waals surface area (Å²) in [5.41, 5.74) is 0.718. The van der Waals surface area contributed by atoms with Crippen LogP contribution in [0.1, 0.15) is 35.4 Å². The third-order valence-electron chi connectivity index (χ3n) is 4.52. The van der Waals surface area contributed by atoms with Gasteiger partial charge in [0, 0.05) is 25.2 Å². The van der Waals surface area contributed by atoms with Crippen LogP contribution >= 0.6 is 0 Å². The van der Waals surface area contributed by atoms with Gasteiger partial charge in [0.25, 0.3) is 5.91 Å². The van der Waals surface area contributed by atoms with Gasteiger partial charge >= 0.3 is 0 Å². The highest BCUT2D eigenvalue weighted by molar-refractivity contribution is 5.95. The van der Waals surface area contributed by atoms with Crippen LogP contribution in [-0.2, 0) is 0 Å². The zero-order valence-electron chi connectivity index (χ0n) is 11.1. The van der Waals surface area contributed by atoms with E-state index in [1.165, 1.54) is 12.8 Å². The summed E-state index contributed by atoms with van der Waals surface area (Å²) in [6.07, 6.45) is 5.19. The van der Waals surface area contributed by atoms with Crippen molar-refractivity contribution in [2.45, 2.75) is 38.3 Å². The second kappa shape index (κ2) is 4.43. The van der Waals surface area contributed by atoms with Gasteiger partial charge in [-0.2, -0.15) is 0 Å². The number of hydrogen-bond donors (Lipinski definition) is 0. The maximum Gasteiger partial charge on any atom is 0.257 e. The molecule has 1 aromatic rings. The molecule has 2 bridgehead atoms. The summed E-state index contributed by atoms with van der Waals surface area (Å²) in [6, 6.07) is 2.98. The second-order valence-electron chi connectivity index (χ2n) is 5.48. The number of carbonyl (C=O) groups is 1. The van der Waals surface area contributed by atoms with E-state index in [0.29, 0.717) is 12.1 Å². The highest BCUT2D eigenvalue weighted by Crippen LogP contribution is 2.29. The number of hydrogen-bond acceptors (Lipinski definition) is 3. The molecule has 0 N–H and O–H groups in total. The van der Waals surface area contributed by atoms with Crippen molar-refractivity contribution in [1.82, 2.24) is 9.80 Å². The van der Waals surface area contributed by atoms with Crippen LogP contribution in [0.15, 0.2) is 16.7 Å². The highest BCUT2D eigenvalue weighted by atomic mass is 16.3. The molecule has 98 valence electrons. The van der Waals surface area contributed by atoms with Crippen molar-refractivity contribution >= 4 is 5.91 Å². The Hall–Kier alpha value is -1.29. The van der Waals surface area contributed by atoms with Gasteiger partial charge in [0.15, 0.2) is 0 Å². The zero-order chi connectivity index (χ0) is 12.7. The standard InChI is InChI=1S/C14H20N2O2/c1-10-13(6-8-18-10)14(17)16-7-5-11-3-4-12(9-16)15(11)2/h6,8,11-12H,3-5,7,9H2,1-2H3. The summed E-state index contributed by atoms with van der Waals surface area (Å²) >= 11 is 0. The van der Waals surface area contributed by atoms with Gasteiger partial charge < -0.3 is 9.32 Å². The molecule has 0 aliphatic carbocycles. The first-order valence-corrected chi connectivity index (χ1v) is 6.72. The van der Waals surface area contributed by atoms with Crippen molar-refractivity contribution in [2.24, 2.45) is 0 Å². The fourth-order valence-electron chi connectivity index (χ4n) is 3.27. The molecular weight excluding hydrogens is 228 g/mol. The van der Waals surface area contributed by atoms with E-state index in [2.05, 4.69) is 11.9 Å². The topological polar surface area (TPSA) is 36.7 Å². The zero-order valence-corrected chi connectivity index (χ0v) is 11.1. The Morgan fingerprint density at radius 3 is 2.83 bits per heavy atom. The lowest BCUT2D eigenvalue weighted by molar-refractivity contribution is 0.0738. The van der Waals surface area contributed by atoms with E-state index >= 15 is 0 Å². The Bertz CT molecular complexity index is 454. The van der Waals surface area contributed by atoms with E-state index in [1.54, 1.807) is 12.3 Å². The minimum Gasteiger partial charge on any atom is -0.469 e. The van der Waals surface area contributed by atoms with Gasteiger partial charge in [-0.25, -0.2) is 0 Å². The average molecular weight is 248 g/mol. The number of likely N-dealkylation sites (tertiary alicyclic amines) is 1. The summed E-state index contributed by atoms with van der Waals surface area (Å²) in [5, 5.41) is 0. The number of fused-ring (bicyclic) bond motifs is 2. The van der Waals surface area contributed by atoms with Gasteiger partial charge in [-0.3, -0.25) is 9.69 Å². The van der Waals surface area contributed by atoms with E-state index in [4.69, 9.17) is 4.42 Å². The second-order valence-corrected chi connectivity index (χ2v) is 5.48. The maximum absolute atomic E-state index is 12.5. The molecule has 2 unspecified atom stereocenters. The smallest absolute Gasteiger partial charge is 0.257 e. The fourth-order valence-corrected chi connectivity index (χ4v) is 3.27. The highest BCUT2D eigenvalue weighted by Gasteiger charge is 2.36. The molecule has 3 heterocycles. The normalized spacial score (nSPS) is 28.4. The molecule has 1 amide bonds. The molecule has 4 heteroatoms. The van der Waals surface area contributed by atoms with E-state index in [9.17, 15) is 4.79 Å². The fraction of sp³-hybridized carbons (Fsp3) is 0.643. The Morgan fingerprint density at radius 2 is 2.11 bits per heavy atom. The van der Waals surface area contributed by atoms with Crippen molar-refractivity contribution in [2.75, 3.05) is 20.1 Å². The molecule has 1 aromatic heterocycles. The summed E-state index contributed by atoms with van der Waals surface area (Å²) < 4.78 is 5.23. The van der Waals surface area contributed by atoms with Crippen LogP contribution in [0.25, 0.3) is 0 Å². The Kier molecular flexibility index (Phi) is 2.90. The molecule has 0 saturated carbocycles. The van der Waals surface area contributed by atoms with E-state index < -0.39 is 0 Å². The average Bonchev–Trinajstić information content (AvgIpc) is 2.84. The van der Waals surface area contributed by atoms with Crippen LogP contribution in [0.4, 0.5) is 0 Å². The summed E-state index contributed by atoms with van der Waals surface area (Å²) in [5.74, 6) is 0.852. The molecule has 2 aliphatic rings. The molecule has 18 heavy (non-hydrogen) atoms. The molecule has 0 radical (unpaired) electrons. The number of amides is 1. The third kappa shape index (κ3) is 1.85. The lowest BCUT2D eigenvalue weighted by Crippen LogP contribution is -2.39. The first-order chi connectivity index (χ1) is 8.66. The monoisotopic (exact) mass is 248 g/mol. The van der Waals surface area contributed by atoms with Crippen LogP contribution in [0.3, 0.4) is 0 Å². The number of rotatable bonds is 1. The van der Waals surface area contributed by atoms with Crippen LogP contribution in [0.2, 0.25) is 0 Å². The van der Waals surface area contributed by atoms with Gasteiger partial charge in [-0.05, 0) is 39.3 Å². The predicted molar refractivity (Wildman–Crippen MR) is 68.5 cm³/mol. The number of likely N-dealkylation sites (N-methyl/N-ethyl adjacent to an activating group) is 1. The minimum absolute atomic E-state index is 0.127. The molecular formula is C14H20N2O2. The lowest BCUT2D eigenvalue weighted by atomic mass is 10.1. The van der Waals surface area contributed by atoms with E-state index in [-0.39, 0.29) is 5.91 Å². The van der Waals surface area contributed by atoms with Crippen molar-refractivity contribution < 1.29 is 9.21 Å². The van der Waals surface area contributed by atoms with Crippen molar-refractivity contribution in [1.29, 1.82) is 0 Å². The largest absolute Gasteiger partial charge is 0.469 e. The number of nitrogens with zero attached hydrogens (tertiary/aromatic N) is 2. The van der Waals surface area contributed by atoms with Gasteiger partial charge in [0.1, 0.15) is 5.76 Å². The molecule has 0 spiro atoms. The van der Waals surface area contributed by atoms with Crippen LogP contribution in [-0.4, -0.2) is 47.9 Å². The SMILES string of the molecule is Cc1occc1C(=O)N1CCC2CCC(C1)N2C. The van der Waals surface area contributed by atoms with Crippen molar-refractivity contribution in [3.05, 3.63) is 23.7 Å². The van der Waals surface area contributed by atoms with Crippen molar-refractivity contribution in [3.63, 3.8) is 0 Å². The Balaban J connectivity index is 1.78. The van der Waals surface area contributed by atoms with E-state index in [1.807, 2.05) is 11.8 Å². The Labute approximate surface area is 108 Å². The first kappa shape index (κ1) is 11.8. The lowest BCUT2D eigenvalue weighted by Gasteiger charge is -2.25. The number of furan rings is 1. The predicted octanol–water partition coefficient (Wildman–Crippen LogP) is 1.90. The van der Waals surface area contributed by atoms with Gasteiger partial charge in [0.05, 0.1) is 11.8 Å². The summed E-state index contributed by atoms with van der Waals surface area (Å²) in [4.78, 5) is 16.9. The quantitative estimate of drug-likeness (QED) is 0.761. The molecule has 2 fully saturated rings. The Morgan fingerprint density at radius 1 is 1.33 bits per heavy atom. The number of carbonyl (C=O) groups excluding carboxylic acids is 1. The molecule has 2 saturated heterocycles. The molecule has 2 aliphatic heterocycles. The summed E-state index contributed by atoms with van der Waals surface area (Å²) in [6.45, 7) is 3.58. The molecule has 0 aromatic carbocycles. The van der Waals surface area contributed by atoms with Crippen molar-refractivity contribution in [3.8, 4) is 0 Å². The van der Waals surface area contributed by atoms with Gasteiger partial charge in [-0.15, -0.1) is 0 Å². The number of aryl methyl sites for hydroxylation is 1.